The van der Waals surface area contributed by atoms with Gasteiger partial charge >= 0.3 is 0 Å². The number of aromatic nitrogens is 3. The van der Waals surface area contributed by atoms with Crippen LogP contribution in [0.5, 0.6) is 0 Å². The van der Waals surface area contributed by atoms with E-state index in [1.807, 2.05) is 6.07 Å². The summed E-state index contributed by atoms with van der Waals surface area (Å²) in [6.07, 6.45) is 0. The van der Waals surface area contributed by atoms with Crippen LogP contribution in [0.3, 0.4) is 0 Å². The van der Waals surface area contributed by atoms with Crippen LogP contribution in [0.15, 0.2) is 140 Å². The molecular formula is C38H23N3. The Bertz CT molecular complexity index is 2470. The first-order valence-electron chi connectivity index (χ1n) is 13.9. The number of rotatable bonds is 2. The van der Waals surface area contributed by atoms with Gasteiger partial charge in [-0.1, -0.05) is 127 Å². The van der Waals surface area contributed by atoms with Crippen LogP contribution in [-0.4, -0.2) is 14.5 Å². The Kier molecular flexibility index (Phi) is 4.61. The van der Waals surface area contributed by atoms with Crippen molar-refractivity contribution >= 4 is 65.0 Å². The Morgan fingerprint density at radius 2 is 1.05 bits per heavy atom. The monoisotopic (exact) mass is 521 g/mol. The molecule has 0 saturated carbocycles. The molecule has 0 unspecified atom stereocenters. The van der Waals surface area contributed by atoms with Crippen molar-refractivity contribution < 1.29 is 0 Å². The maximum Gasteiger partial charge on any atom is 0.235 e. The van der Waals surface area contributed by atoms with Crippen LogP contribution in [-0.2, 0) is 0 Å². The molecule has 0 bridgehead atoms. The molecule has 9 rings (SSSR count). The molecule has 2 heterocycles. The molecule has 0 N–H and O–H groups in total. The van der Waals surface area contributed by atoms with E-state index in [1.165, 1.54) is 43.1 Å². The summed E-state index contributed by atoms with van der Waals surface area (Å²) in [6.45, 7) is 0. The molecule has 0 radical (unpaired) electrons. The van der Waals surface area contributed by atoms with Crippen molar-refractivity contribution in [3.8, 4) is 17.2 Å². The van der Waals surface area contributed by atoms with Gasteiger partial charge < -0.3 is 0 Å². The highest BCUT2D eigenvalue weighted by Crippen LogP contribution is 2.44. The highest BCUT2D eigenvalue weighted by atomic mass is 15.2. The first kappa shape index (κ1) is 22.3. The molecule has 3 nitrogen and oxygen atoms in total. The Labute approximate surface area is 235 Å². The Hall–Kier alpha value is -5.54. The number of hydrogen-bond donors (Lipinski definition) is 0. The van der Waals surface area contributed by atoms with E-state index in [1.54, 1.807) is 0 Å². The van der Waals surface area contributed by atoms with Gasteiger partial charge in [0.15, 0.2) is 0 Å². The molecule has 9 aromatic rings. The van der Waals surface area contributed by atoms with Crippen molar-refractivity contribution in [3.05, 3.63) is 140 Å². The van der Waals surface area contributed by atoms with Gasteiger partial charge in [0.2, 0.25) is 5.95 Å². The quantitative estimate of drug-likeness (QED) is 0.212. The fourth-order valence-corrected chi connectivity index (χ4v) is 6.63. The summed E-state index contributed by atoms with van der Waals surface area (Å²) in [7, 11) is 0. The SMILES string of the molecule is c1ccc(-c2nc(-n3c4ccccc4c4c5ccccc5c5c6ccccc6ccc5c43)nc3ccccc23)cc1. The average Bonchev–Trinajstić information content (AvgIpc) is 3.40. The molecule has 3 heteroatoms. The Morgan fingerprint density at radius 3 is 1.88 bits per heavy atom. The predicted molar refractivity (Wildman–Crippen MR) is 172 cm³/mol. The van der Waals surface area contributed by atoms with Crippen LogP contribution in [0.2, 0.25) is 0 Å². The summed E-state index contributed by atoms with van der Waals surface area (Å²) in [5.74, 6) is 0.679. The minimum absolute atomic E-state index is 0.679. The summed E-state index contributed by atoms with van der Waals surface area (Å²) in [5, 5.41) is 10.9. The van der Waals surface area contributed by atoms with Crippen LogP contribution < -0.4 is 0 Å². The third-order valence-corrected chi connectivity index (χ3v) is 8.36. The molecule has 0 fully saturated rings. The van der Waals surface area contributed by atoms with Crippen LogP contribution >= 0.6 is 0 Å². The molecule has 0 aliphatic rings. The van der Waals surface area contributed by atoms with Crippen LogP contribution in [0.1, 0.15) is 0 Å². The zero-order valence-electron chi connectivity index (χ0n) is 22.1. The minimum Gasteiger partial charge on any atom is -0.277 e. The largest absolute Gasteiger partial charge is 0.277 e. The van der Waals surface area contributed by atoms with Gasteiger partial charge in [0, 0.05) is 27.1 Å². The molecule has 0 aliphatic carbocycles. The third-order valence-electron chi connectivity index (χ3n) is 8.36. The first-order valence-corrected chi connectivity index (χ1v) is 13.9. The fourth-order valence-electron chi connectivity index (χ4n) is 6.63. The summed E-state index contributed by atoms with van der Waals surface area (Å²) in [5.41, 5.74) is 5.18. The van der Waals surface area contributed by atoms with Gasteiger partial charge in [0.25, 0.3) is 0 Å². The van der Waals surface area contributed by atoms with Gasteiger partial charge in [-0.15, -0.1) is 0 Å². The second-order valence-corrected chi connectivity index (χ2v) is 10.6. The van der Waals surface area contributed by atoms with Gasteiger partial charge in [0.05, 0.1) is 22.2 Å². The first-order chi connectivity index (χ1) is 20.4. The van der Waals surface area contributed by atoms with E-state index in [4.69, 9.17) is 9.97 Å². The van der Waals surface area contributed by atoms with E-state index in [0.29, 0.717) is 5.95 Å². The van der Waals surface area contributed by atoms with Crippen LogP contribution in [0.4, 0.5) is 0 Å². The normalized spacial score (nSPS) is 11.9. The van der Waals surface area contributed by atoms with Crippen molar-refractivity contribution in [1.82, 2.24) is 14.5 Å². The fraction of sp³-hybridized carbons (Fsp3) is 0. The van der Waals surface area contributed by atoms with E-state index >= 15 is 0 Å². The summed E-state index contributed by atoms with van der Waals surface area (Å²) in [6, 6.07) is 49.4. The molecule has 0 saturated heterocycles. The average molecular weight is 522 g/mol. The molecule has 190 valence electrons. The zero-order valence-corrected chi connectivity index (χ0v) is 22.1. The van der Waals surface area contributed by atoms with Crippen molar-refractivity contribution in [2.45, 2.75) is 0 Å². The second-order valence-electron chi connectivity index (χ2n) is 10.6. The van der Waals surface area contributed by atoms with E-state index in [9.17, 15) is 0 Å². The molecular weight excluding hydrogens is 498 g/mol. The minimum atomic E-state index is 0.679. The number of para-hydroxylation sites is 2. The summed E-state index contributed by atoms with van der Waals surface area (Å²) in [4.78, 5) is 10.5. The maximum atomic E-state index is 5.31. The van der Waals surface area contributed by atoms with E-state index in [2.05, 4.69) is 138 Å². The van der Waals surface area contributed by atoms with Crippen molar-refractivity contribution in [2.24, 2.45) is 0 Å². The molecule has 2 aromatic heterocycles. The highest BCUT2D eigenvalue weighted by molar-refractivity contribution is 6.35. The van der Waals surface area contributed by atoms with Gasteiger partial charge in [0.1, 0.15) is 0 Å². The van der Waals surface area contributed by atoms with E-state index < -0.39 is 0 Å². The topological polar surface area (TPSA) is 30.7 Å². The van der Waals surface area contributed by atoms with Crippen LogP contribution in [0.25, 0.3) is 82.2 Å². The van der Waals surface area contributed by atoms with Crippen LogP contribution in [0, 0.1) is 0 Å². The van der Waals surface area contributed by atoms with Crippen molar-refractivity contribution in [2.75, 3.05) is 0 Å². The molecule has 0 aliphatic heterocycles. The molecule has 41 heavy (non-hydrogen) atoms. The number of fused-ring (bicyclic) bond motifs is 11. The van der Waals surface area contributed by atoms with Gasteiger partial charge in [-0.05, 0) is 39.1 Å². The van der Waals surface area contributed by atoms with Gasteiger partial charge in [-0.3, -0.25) is 4.57 Å². The Balaban J connectivity index is 1.54. The molecule has 0 atom stereocenters. The molecule has 7 aromatic carbocycles. The van der Waals surface area contributed by atoms with E-state index in [0.717, 1.165) is 33.2 Å². The zero-order chi connectivity index (χ0) is 26.9. The van der Waals surface area contributed by atoms with Gasteiger partial charge in [-0.2, -0.15) is 0 Å². The third kappa shape index (κ3) is 3.14. The lowest BCUT2D eigenvalue weighted by Gasteiger charge is -2.14. The molecule has 0 spiro atoms. The summed E-state index contributed by atoms with van der Waals surface area (Å²) >= 11 is 0. The lowest BCUT2D eigenvalue weighted by Crippen LogP contribution is -2.03. The number of nitrogens with zero attached hydrogens (tertiary/aromatic N) is 3. The maximum absolute atomic E-state index is 5.31. The smallest absolute Gasteiger partial charge is 0.235 e. The lowest BCUT2D eigenvalue weighted by molar-refractivity contribution is 1.02. The van der Waals surface area contributed by atoms with Gasteiger partial charge in [-0.25, -0.2) is 9.97 Å². The highest BCUT2D eigenvalue weighted by Gasteiger charge is 2.22. The number of hydrogen-bond acceptors (Lipinski definition) is 2. The summed E-state index contributed by atoms with van der Waals surface area (Å²) < 4.78 is 2.28. The van der Waals surface area contributed by atoms with Crippen molar-refractivity contribution in [1.29, 1.82) is 0 Å². The number of benzene rings is 7. The predicted octanol–water partition coefficient (Wildman–Crippen LogP) is 9.85. The second kappa shape index (κ2) is 8.48. The lowest BCUT2D eigenvalue weighted by atomic mass is 9.93. The Morgan fingerprint density at radius 1 is 0.415 bits per heavy atom. The van der Waals surface area contributed by atoms with E-state index in [-0.39, 0.29) is 0 Å². The molecule has 0 amide bonds. The standard InChI is InChI=1S/C38H23N3/c1-2-13-25(14-3-1)36-29-18-8-10-20-32(29)39-38(40-36)41-33-21-11-9-19-30(33)35-28-17-7-6-16-27(28)34-26-15-5-4-12-24(26)22-23-31(34)37(35)41/h1-23H. The van der Waals surface area contributed by atoms with Crippen molar-refractivity contribution in [3.63, 3.8) is 0 Å².